The summed E-state index contributed by atoms with van der Waals surface area (Å²) in [6, 6.07) is 1.89. The summed E-state index contributed by atoms with van der Waals surface area (Å²) in [5.74, 6) is 2.49. The first-order valence-corrected chi connectivity index (χ1v) is 6.40. The highest BCUT2D eigenvalue weighted by molar-refractivity contribution is 7.99. The molecule has 0 unspecified atom stereocenters. The van der Waals surface area contributed by atoms with Gasteiger partial charge < -0.3 is 14.1 Å². The Hall–Kier alpha value is -1.27. The largest absolute Gasteiger partial charge is 0.469 e. The van der Waals surface area contributed by atoms with Gasteiger partial charge in [-0.2, -0.15) is 0 Å². The third kappa shape index (κ3) is 2.53. The number of aryl methyl sites for hydroxylation is 1. The molecular weight excluding hydrogens is 238 g/mol. The lowest BCUT2D eigenvalue weighted by Crippen LogP contribution is -1.96. The second-order valence-electron chi connectivity index (χ2n) is 3.68. The molecule has 0 saturated heterocycles. The second kappa shape index (κ2) is 5.37. The van der Waals surface area contributed by atoms with Crippen LogP contribution in [-0.4, -0.2) is 32.2 Å². The molecule has 0 amide bonds. The van der Waals surface area contributed by atoms with Gasteiger partial charge in [0.2, 0.25) is 0 Å². The molecule has 0 aliphatic carbocycles. The molecule has 0 radical (unpaired) electrons. The van der Waals surface area contributed by atoms with Crippen molar-refractivity contribution < 1.29 is 9.52 Å². The quantitative estimate of drug-likeness (QED) is 0.651. The number of hydrogen-bond acceptors (Lipinski definition) is 5. The first-order valence-electron chi connectivity index (χ1n) is 5.41. The van der Waals surface area contributed by atoms with E-state index in [2.05, 4.69) is 10.2 Å². The monoisotopic (exact) mass is 253 g/mol. The van der Waals surface area contributed by atoms with Gasteiger partial charge >= 0.3 is 0 Å². The number of aliphatic hydroxyl groups is 1. The van der Waals surface area contributed by atoms with Crippen molar-refractivity contribution in [1.82, 2.24) is 14.8 Å². The van der Waals surface area contributed by atoms with Gasteiger partial charge in [-0.15, -0.1) is 10.2 Å². The Kier molecular flexibility index (Phi) is 3.86. The van der Waals surface area contributed by atoms with E-state index in [0.717, 1.165) is 34.5 Å². The van der Waals surface area contributed by atoms with Crippen LogP contribution in [0.3, 0.4) is 0 Å². The van der Waals surface area contributed by atoms with Gasteiger partial charge in [-0.1, -0.05) is 11.8 Å². The predicted octanol–water partition coefficient (Wildman–Crippen LogP) is 1.86. The molecule has 92 valence electrons. The molecule has 0 aromatic carbocycles. The van der Waals surface area contributed by atoms with Crippen molar-refractivity contribution in [3.8, 4) is 11.4 Å². The summed E-state index contributed by atoms with van der Waals surface area (Å²) < 4.78 is 7.21. The number of aromatic nitrogens is 3. The zero-order valence-electron chi connectivity index (χ0n) is 9.88. The van der Waals surface area contributed by atoms with E-state index >= 15 is 0 Å². The minimum absolute atomic E-state index is 0.207. The number of furan rings is 1. The molecule has 0 bridgehead atoms. The summed E-state index contributed by atoms with van der Waals surface area (Å²) in [5.41, 5.74) is 0.967. The fraction of sp³-hybridized carbons (Fsp3) is 0.455. The van der Waals surface area contributed by atoms with Gasteiger partial charge in [0.1, 0.15) is 5.76 Å². The van der Waals surface area contributed by atoms with E-state index in [1.54, 1.807) is 18.0 Å². The molecule has 0 aliphatic heterocycles. The van der Waals surface area contributed by atoms with Gasteiger partial charge in [-0.05, 0) is 19.4 Å². The Balaban J connectivity index is 2.18. The highest BCUT2D eigenvalue weighted by atomic mass is 32.2. The average molecular weight is 253 g/mol. The van der Waals surface area contributed by atoms with Crippen molar-refractivity contribution in [1.29, 1.82) is 0 Å². The number of rotatable bonds is 5. The molecule has 0 aliphatic rings. The van der Waals surface area contributed by atoms with Crippen LogP contribution in [0.5, 0.6) is 0 Å². The number of hydrogen-bond donors (Lipinski definition) is 1. The van der Waals surface area contributed by atoms with Crippen LogP contribution in [0, 0.1) is 6.92 Å². The molecule has 2 heterocycles. The summed E-state index contributed by atoms with van der Waals surface area (Å²) in [7, 11) is 1.93. The van der Waals surface area contributed by atoms with Crippen molar-refractivity contribution in [3.63, 3.8) is 0 Å². The van der Waals surface area contributed by atoms with Crippen LogP contribution in [0.2, 0.25) is 0 Å². The molecule has 1 N–H and O–H groups in total. The van der Waals surface area contributed by atoms with E-state index in [9.17, 15) is 0 Å². The Bertz CT molecular complexity index is 493. The van der Waals surface area contributed by atoms with Gasteiger partial charge in [-0.3, -0.25) is 0 Å². The van der Waals surface area contributed by atoms with Crippen LogP contribution >= 0.6 is 11.8 Å². The van der Waals surface area contributed by atoms with Gasteiger partial charge in [-0.25, -0.2) is 0 Å². The molecule has 6 heteroatoms. The van der Waals surface area contributed by atoms with Crippen molar-refractivity contribution in [2.45, 2.75) is 18.5 Å². The van der Waals surface area contributed by atoms with Gasteiger partial charge in [0.25, 0.3) is 0 Å². The fourth-order valence-electron chi connectivity index (χ4n) is 1.52. The zero-order chi connectivity index (χ0) is 12.3. The molecular formula is C11H15N3O2S. The van der Waals surface area contributed by atoms with Crippen LogP contribution in [0.1, 0.15) is 12.2 Å². The normalized spacial score (nSPS) is 11.0. The van der Waals surface area contributed by atoms with Crippen LogP contribution in [-0.2, 0) is 7.05 Å². The number of thioether (sulfide) groups is 1. The van der Waals surface area contributed by atoms with E-state index < -0.39 is 0 Å². The lowest BCUT2D eigenvalue weighted by Gasteiger charge is -2.02. The maximum Gasteiger partial charge on any atom is 0.191 e. The molecule has 5 nitrogen and oxygen atoms in total. The molecule has 0 atom stereocenters. The van der Waals surface area contributed by atoms with E-state index in [1.165, 1.54) is 0 Å². The Morgan fingerprint density at radius 3 is 2.94 bits per heavy atom. The number of nitrogens with zero attached hydrogens (tertiary/aromatic N) is 3. The molecule has 2 rings (SSSR count). The maximum atomic E-state index is 8.74. The third-order valence-corrected chi connectivity index (χ3v) is 3.57. The first-order chi connectivity index (χ1) is 8.24. The summed E-state index contributed by atoms with van der Waals surface area (Å²) in [6.45, 7) is 2.11. The molecule has 17 heavy (non-hydrogen) atoms. The van der Waals surface area contributed by atoms with E-state index in [1.807, 2.05) is 24.6 Å². The summed E-state index contributed by atoms with van der Waals surface area (Å²) in [6.07, 6.45) is 2.41. The summed E-state index contributed by atoms with van der Waals surface area (Å²) in [5, 5.41) is 17.9. The molecule has 2 aromatic heterocycles. The van der Waals surface area contributed by atoms with E-state index in [0.29, 0.717) is 0 Å². The van der Waals surface area contributed by atoms with Crippen molar-refractivity contribution in [3.05, 3.63) is 18.1 Å². The second-order valence-corrected chi connectivity index (χ2v) is 4.74. The minimum atomic E-state index is 0.207. The molecule has 0 fully saturated rings. The first kappa shape index (κ1) is 12.2. The third-order valence-electron chi connectivity index (χ3n) is 2.47. The summed E-state index contributed by atoms with van der Waals surface area (Å²) >= 11 is 1.59. The molecule has 2 aromatic rings. The van der Waals surface area contributed by atoms with Crippen molar-refractivity contribution >= 4 is 11.8 Å². The average Bonchev–Trinajstić information content (AvgIpc) is 2.87. The highest BCUT2D eigenvalue weighted by Crippen LogP contribution is 2.25. The smallest absolute Gasteiger partial charge is 0.191 e. The fourth-order valence-corrected chi connectivity index (χ4v) is 2.35. The van der Waals surface area contributed by atoms with Crippen molar-refractivity contribution in [2.75, 3.05) is 12.4 Å². The van der Waals surface area contributed by atoms with Gasteiger partial charge in [0, 0.05) is 19.4 Å². The lowest BCUT2D eigenvalue weighted by atomic mass is 10.2. The maximum absolute atomic E-state index is 8.74. The SMILES string of the molecule is Cc1occc1-c1nnc(SCCCO)n1C. The van der Waals surface area contributed by atoms with E-state index in [4.69, 9.17) is 9.52 Å². The topological polar surface area (TPSA) is 64.1 Å². The van der Waals surface area contributed by atoms with Crippen LogP contribution in [0.15, 0.2) is 21.9 Å². The lowest BCUT2D eigenvalue weighted by molar-refractivity contribution is 0.296. The predicted molar refractivity (Wildman–Crippen MR) is 65.9 cm³/mol. The zero-order valence-corrected chi connectivity index (χ0v) is 10.7. The summed E-state index contributed by atoms with van der Waals surface area (Å²) in [4.78, 5) is 0. The van der Waals surface area contributed by atoms with Crippen LogP contribution < -0.4 is 0 Å². The number of aliphatic hydroxyl groups excluding tert-OH is 1. The Labute approximate surface area is 104 Å². The van der Waals surface area contributed by atoms with Gasteiger partial charge in [0.05, 0.1) is 11.8 Å². The van der Waals surface area contributed by atoms with Crippen molar-refractivity contribution in [2.24, 2.45) is 7.05 Å². The molecule has 0 saturated carbocycles. The highest BCUT2D eigenvalue weighted by Gasteiger charge is 2.14. The Morgan fingerprint density at radius 2 is 2.29 bits per heavy atom. The van der Waals surface area contributed by atoms with Gasteiger partial charge in [0.15, 0.2) is 11.0 Å². The van der Waals surface area contributed by atoms with E-state index in [-0.39, 0.29) is 6.61 Å². The molecule has 0 spiro atoms. The van der Waals surface area contributed by atoms with Crippen LogP contribution in [0.25, 0.3) is 11.4 Å². The van der Waals surface area contributed by atoms with Crippen LogP contribution in [0.4, 0.5) is 0 Å². The minimum Gasteiger partial charge on any atom is -0.469 e. The standard InChI is InChI=1S/C11H15N3O2S/c1-8-9(4-6-16-8)10-12-13-11(14(10)2)17-7-3-5-15/h4,6,15H,3,5,7H2,1-2H3. The Morgan fingerprint density at radius 1 is 1.47 bits per heavy atom.